The SMILES string of the molecule is CNc1cnc(C(=O)N2CCCCC2CCO)cn1. The number of aliphatic hydroxyl groups excluding tert-OH is 1. The first-order chi connectivity index (χ1) is 9.26. The second kappa shape index (κ2) is 6.47. The minimum absolute atomic E-state index is 0.0895. The molecule has 19 heavy (non-hydrogen) atoms. The molecule has 6 nitrogen and oxygen atoms in total. The summed E-state index contributed by atoms with van der Waals surface area (Å²) in [6.45, 7) is 0.845. The van der Waals surface area contributed by atoms with Gasteiger partial charge in [-0.25, -0.2) is 9.97 Å². The summed E-state index contributed by atoms with van der Waals surface area (Å²) in [5, 5.41) is 12.0. The summed E-state index contributed by atoms with van der Waals surface area (Å²) in [6, 6.07) is 0.122. The quantitative estimate of drug-likeness (QED) is 0.844. The first-order valence-electron chi connectivity index (χ1n) is 6.68. The fourth-order valence-corrected chi connectivity index (χ4v) is 2.43. The van der Waals surface area contributed by atoms with Crippen LogP contribution in [0.5, 0.6) is 0 Å². The van der Waals surface area contributed by atoms with E-state index in [1.165, 1.54) is 6.20 Å². The lowest BCUT2D eigenvalue weighted by Crippen LogP contribution is -2.44. The minimum atomic E-state index is -0.0895. The Kier molecular flexibility index (Phi) is 4.68. The van der Waals surface area contributed by atoms with Gasteiger partial charge in [-0.3, -0.25) is 4.79 Å². The molecule has 1 atom stereocenters. The third-order valence-electron chi connectivity index (χ3n) is 3.48. The van der Waals surface area contributed by atoms with Crippen LogP contribution in [0.15, 0.2) is 12.4 Å². The maximum absolute atomic E-state index is 12.4. The predicted molar refractivity (Wildman–Crippen MR) is 72.0 cm³/mol. The van der Waals surface area contributed by atoms with Crippen molar-refractivity contribution >= 4 is 11.7 Å². The van der Waals surface area contributed by atoms with Crippen LogP contribution in [-0.2, 0) is 0 Å². The van der Waals surface area contributed by atoms with Gasteiger partial charge >= 0.3 is 0 Å². The van der Waals surface area contributed by atoms with Crippen LogP contribution in [0.1, 0.15) is 36.2 Å². The molecule has 1 aliphatic heterocycles. The molecule has 0 spiro atoms. The molecule has 2 rings (SSSR count). The van der Waals surface area contributed by atoms with Gasteiger partial charge in [0.05, 0.1) is 12.4 Å². The minimum Gasteiger partial charge on any atom is -0.396 e. The Labute approximate surface area is 112 Å². The number of aliphatic hydroxyl groups is 1. The molecule has 1 aromatic rings. The van der Waals surface area contributed by atoms with E-state index >= 15 is 0 Å². The largest absolute Gasteiger partial charge is 0.396 e. The number of amides is 1. The highest BCUT2D eigenvalue weighted by Gasteiger charge is 2.27. The molecular formula is C13H20N4O2. The lowest BCUT2D eigenvalue weighted by molar-refractivity contribution is 0.0568. The van der Waals surface area contributed by atoms with Gasteiger partial charge in [0.1, 0.15) is 11.5 Å². The fourth-order valence-electron chi connectivity index (χ4n) is 2.43. The predicted octanol–water partition coefficient (Wildman–Crippen LogP) is 0.895. The summed E-state index contributed by atoms with van der Waals surface area (Å²) in [5.74, 6) is 0.551. The molecule has 1 aromatic heterocycles. The maximum atomic E-state index is 12.4. The van der Waals surface area contributed by atoms with E-state index in [9.17, 15) is 4.79 Å². The molecule has 0 saturated carbocycles. The molecule has 1 fully saturated rings. The number of hydrogen-bond acceptors (Lipinski definition) is 5. The number of hydrogen-bond donors (Lipinski definition) is 2. The zero-order valence-electron chi connectivity index (χ0n) is 11.2. The monoisotopic (exact) mass is 264 g/mol. The van der Waals surface area contributed by atoms with Crippen molar-refractivity contribution in [1.82, 2.24) is 14.9 Å². The van der Waals surface area contributed by atoms with Gasteiger partial charge in [0.15, 0.2) is 0 Å². The molecule has 0 radical (unpaired) electrons. The average molecular weight is 264 g/mol. The van der Waals surface area contributed by atoms with Crippen LogP contribution in [0.4, 0.5) is 5.82 Å². The standard InChI is InChI=1S/C13H20N4O2/c1-14-12-9-15-11(8-16-12)13(19)17-6-3-2-4-10(17)5-7-18/h8-10,18H,2-7H2,1H3,(H,14,16). The first kappa shape index (κ1) is 13.7. The van der Waals surface area contributed by atoms with Crippen LogP contribution in [-0.4, -0.2) is 52.1 Å². The Bertz CT molecular complexity index is 419. The second-order valence-corrected chi connectivity index (χ2v) is 4.70. The Hall–Kier alpha value is -1.69. The zero-order chi connectivity index (χ0) is 13.7. The van der Waals surface area contributed by atoms with Crippen molar-refractivity contribution in [2.75, 3.05) is 25.5 Å². The zero-order valence-corrected chi connectivity index (χ0v) is 11.2. The molecular weight excluding hydrogens is 244 g/mol. The summed E-state index contributed by atoms with van der Waals surface area (Å²) < 4.78 is 0. The van der Waals surface area contributed by atoms with Crippen molar-refractivity contribution in [1.29, 1.82) is 0 Å². The topological polar surface area (TPSA) is 78.4 Å². The molecule has 1 saturated heterocycles. The fraction of sp³-hybridized carbons (Fsp3) is 0.615. The summed E-state index contributed by atoms with van der Waals surface area (Å²) in [4.78, 5) is 22.5. The van der Waals surface area contributed by atoms with Crippen molar-refractivity contribution in [2.45, 2.75) is 31.7 Å². The summed E-state index contributed by atoms with van der Waals surface area (Å²) in [5.41, 5.74) is 0.365. The molecule has 0 bridgehead atoms. The van der Waals surface area contributed by atoms with Crippen molar-refractivity contribution < 1.29 is 9.90 Å². The molecule has 1 aliphatic rings. The lowest BCUT2D eigenvalue weighted by atomic mass is 9.99. The normalized spacial score (nSPS) is 19.3. The number of anilines is 1. The smallest absolute Gasteiger partial charge is 0.274 e. The van der Waals surface area contributed by atoms with Crippen molar-refractivity contribution in [2.24, 2.45) is 0 Å². The molecule has 104 valence electrons. The first-order valence-corrected chi connectivity index (χ1v) is 6.68. The van der Waals surface area contributed by atoms with Crippen LogP contribution in [0.3, 0.4) is 0 Å². The van der Waals surface area contributed by atoms with Crippen molar-refractivity contribution in [3.05, 3.63) is 18.1 Å². The van der Waals surface area contributed by atoms with E-state index in [1.807, 2.05) is 4.90 Å². The van der Waals surface area contributed by atoms with Gasteiger partial charge in [0.2, 0.25) is 0 Å². The van der Waals surface area contributed by atoms with Crippen LogP contribution in [0, 0.1) is 0 Å². The van der Waals surface area contributed by atoms with E-state index in [2.05, 4.69) is 15.3 Å². The van der Waals surface area contributed by atoms with E-state index in [-0.39, 0.29) is 18.6 Å². The van der Waals surface area contributed by atoms with E-state index in [0.29, 0.717) is 17.9 Å². The second-order valence-electron chi connectivity index (χ2n) is 4.70. The summed E-state index contributed by atoms with van der Waals surface area (Å²) in [6.07, 6.45) is 6.76. The van der Waals surface area contributed by atoms with E-state index in [1.54, 1.807) is 13.2 Å². The lowest BCUT2D eigenvalue weighted by Gasteiger charge is -2.35. The molecule has 0 aromatic carbocycles. The molecule has 0 aliphatic carbocycles. The van der Waals surface area contributed by atoms with Gasteiger partial charge in [0, 0.05) is 26.2 Å². The number of carbonyl (C=O) groups excluding carboxylic acids is 1. The number of piperidine rings is 1. The Morgan fingerprint density at radius 1 is 1.47 bits per heavy atom. The van der Waals surface area contributed by atoms with Crippen molar-refractivity contribution in [3.63, 3.8) is 0 Å². The Morgan fingerprint density at radius 2 is 2.32 bits per heavy atom. The van der Waals surface area contributed by atoms with E-state index in [0.717, 1.165) is 25.8 Å². The number of aromatic nitrogens is 2. The van der Waals surface area contributed by atoms with Gasteiger partial charge in [-0.15, -0.1) is 0 Å². The Morgan fingerprint density at radius 3 is 2.95 bits per heavy atom. The van der Waals surface area contributed by atoms with Crippen LogP contribution in [0.2, 0.25) is 0 Å². The highest BCUT2D eigenvalue weighted by molar-refractivity contribution is 5.92. The van der Waals surface area contributed by atoms with Gasteiger partial charge in [0.25, 0.3) is 5.91 Å². The summed E-state index contributed by atoms with van der Waals surface area (Å²) >= 11 is 0. The van der Waals surface area contributed by atoms with Gasteiger partial charge in [-0.1, -0.05) is 0 Å². The molecule has 6 heteroatoms. The highest BCUT2D eigenvalue weighted by Crippen LogP contribution is 2.21. The third-order valence-corrected chi connectivity index (χ3v) is 3.48. The van der Waals surface area contributed by atoms with E-state index in [4.69, 9.17) is 5.11 Å². The van der Waals surface area contributed by atoms with E-state index < -0.39 is 0 Å². The molecule has 2 N–H and O–H groups in total. The number of carbonyl (C=O) groups is 1. The molecule has 1 amide bonds. The maximum Gasteiger partial charge on any atom is 0.274 e. The van der Waals surface area contributed by atoms with Crippen LogP contribution >= 0.6 is 0 Å². The molecule has 2 heterocycles. The molecule has 1 unspecified atom stereocenters. The highest BCUT2D eigenvalue weighted by atomic mass is 16.3. The van der Waals surface area contributed by atoms with Crippen LogP contribution < -0.4 is 5.32 Å². The van der Waals surface area contributed by atoms with Gasteiger partial charge in [-0.2, -0.15) is 0 Å². The number of rotatable bonds is 4. The van der Waals surface area contributed by atoms with Gasteiger partial charge in [-0.05, 0) is 25.7 Å². The summed E-state index contributed by atoms with van der Waals surface area (Å²) in [7, 11) is 1.76. The average Bonchev–Trinajstić information content (AvgIpc) is 2.47. The Balaban J connectivity index is 2.11. The van der Waals surface area contributed by atoms with Crippen LogP contribution in [0.25, 0.3) is 0 Å². The number of nitrogens with one attached hydrogen (secondary N) is 1. The third kappa shape index (κ3) is 3.20. The van der Waals surface area contributed by atoms with Crippen molar-refractivity contribution in [3.8, 4) is 0 Å². The number of nitrogens with zero attached hydrogens (tertiary/aromatic N) is 3. The number of likely N-dealkylation sites (tertiary alicyclic amines) is 1. The van der Waals surface area contributed by atoms with Gasteiger partial charge < -0.3 is 15.3 Å².